The Labute approximate surface area is 97.4 Å². The Morgan fingerprint density at radius 3 is 2.59 bits per heavy atom. The molecule has 0 unspecified atom stereocenters. The molecule has 1 aromatic rings. The Morgan fingerprint density at radius 1 is 1.47 bits per heavy atom. The highest BCUT2D eigenvalue weighted by Gasteiger charge is 2.22. The van der Waals surface area contributed by atoms with Gasteiger partial charge in [0.2, 0.25) is 0 Å². The zero-order chi connectivity index (χ0) is 13.0. The van der Waals surface area contributed by atoms with Crippen LogP contribution >= 0.6 is 0 Å². The lowest BCUT2D eigenvalue weighted by Crippen LogP contribution is -2.18. The van der Waals surface area contributed by atoms with Gasteiger partial charge in [-0.3, -0.25) is 0 Å². The fourth-order valence-electron chi connectivity index (χ4n) is 1.45. The number of nitrogens with two attached hydrogens (primary N) is 2. The summed E-state index contributed by atoms with van der Waals surface area (Å²) in [6.07, 6.45) is 2.00. The largest absolute Gasteiger partial charge is 0.478 e. The molecule has 0 radical (unpaired) electrons. The predicted molar refractivity (Wildman–Crippen MR) is 61.3 cm³/mol. The van der Waals surface area contributed by atoms with Gasteiger partial charge in [-0.15, -0.1) is 6.58 Å². The molecule has 0 saturated carbocycles. The maximum atomic E-state index is 11.4. The van der Waals surface area contributed by atoms with Crippen LogP contribution in [-0.2, 0) is 11.3 Å². The second kappa shape index (κ2) is 5.13. The lowest BCUT2D eigenvalue weighted by molar-refractivity contribution is 0.0494. The molecule has 6 heteroatoms. The van der Waals surface area contributed by atoms with E-state index in [4.69, 9.17) is 16.7 Å². The molecular formula is C11H12N2O4. The number of allylic oxidation sites excluding steroid dienone is 1. The zero-order valence-corrected chi connectivity index (χ0v) is 8.97. The third-order valence-electron chi connectivity index (χ3n) is 2.24. The minimum Gasteiger partial charge on any atom is -0.478 e. The Kier molecular flexibility index (Phi) is 3.84. The molecule has 0 amide bonds. The second-order valence-electron chi connectivity index (χ2n) is 3.26. The van der Waals surface area contributed by atoms with Crippen molar-refractivity contribution in [3.63, 3.8) is 0 Å². The number of carboxylic acids is 1. The summed E-state index contributed by atoms with van der Waals surface area (Å²) < 4.78 is 0. The van der Waals surface area contributed by atoms with Gasteiger partial charge in [0.05, 0.1) is 16.8 Å². The van der Waals surface area contributed by atoms with Crippen LogP contribution in [0.3, 0.4) is 0 Å². The molecule has 90 valence electrons. The molecule has 17 heavy (non-hydrogen) atoms. The van der Waals surface area contributed by atoms with Crippen LogP contribution in [0.4, 0.5) is 5.69 Å². The number of rotatable bonds is 4. The van der Waals surface area contributed by atoms with Crippen LogP contribution in [0.25, 0.3) is 0 Å². The average Bonchev–Trinajstić information content (AvgIpc) is 2.30. The standard InChI is InChI=1S/C11H12N2O4/c1-2-3-6-4-5-7(10(14)15)8(9(6)12)11(16)17-13/h2,4-5H,1,3,12-13H2,(H,14,15). The SMILES string of the molecule is C=CCc1ccc(C(=O)O)c(C(=O)ON)c1N. The molecular weight excluding hydrogens is 224 g/mol. The van der Waals surface area contributed by atoms with Crippen molar-refractivity contribution in [2.24, 2.45) is 5.90 Å². The van der Waals surface area contributed by atoms with Crippen LogP contribution in [-0.4, -0.2) is 17.0 Å². The van der Waals surface area contributed by atoms with Crippen molar-refractivity contribution >= 4 is 17.6 Å². The first kappa shape index (κ1) is 12.7. The highest BCUT2D eigenvalue weighted by atomic mass is 16.7. The van der Waals surface area contributed by atoms with Gasteiger partial charge in [-0.05, 0) is 18.1 Å². The summed E-state index contributed by atoms with van der Waals surface area (Å²) >= 11 is 0. The highest BCUT2D eigenvalue weighted by molar-refractivity contribution is 6.06. The van der Waals surface area contributed by atoms with E-state index in [9.17, 15) is 9.59 Å². The number of carboxylic acid groups (broad SMARTS) is 1. The van der Waals surface area contributed by atoms with Gasteiger partial charge < -0.3 is 15.7 Å². The second-order valence-corrected chi connectivity index (χ2v) is 3.26. The summed E-state index contributed by atoms with van der Waals surface area (Å²) in [7, 11) is 0. The highest BCUT2D eigenvalue weighted by Crippen LogP contribution is 2.23. The fraction of sp³-hybridized carbons (Fsp3) is 0.0909. The molecule has 0 spiro atoms. The topological polar surface area (TPSA) is 116 Å². The molecule has 0 saturated heterocycles. The number of carbonyl (C=O) groups excluding carboxylic acids is 1. The van der Waals surface area contributed by atoms with Crippen molar-refractivity contribution in [2.75, 3.05) is 5.73 Å². The van der Waals surface area contributed by atoms with Gasteiger partial charge in [-0.25, -0.2) is 9.59 Å². The van der Waals surface area contributed by atoms with Gasteiger partial charge in [0.25, 0.3) is 0 Å². The normalized spacial score (nSPS) is 9.71. The van der Waals surface area contributed by atoms with E-state index in [2.05, 4.69) is 11.4 Å². The predicted octanol–water partition coefficient (Wildman–Crippen LogP) is 0.726. The Balaban J connectivity index is 3.46. The maximum Gasteiger partial charge on any atom is 0.359 e. The number of hydrogen-bond donors (Lipinski definition) is 3. The van der Waals surface area contributed by atoms with E-state index < -0.39 is 11.9 Å². The molecule has 0 atom stereocenters. The molecule has 0 aliphatic carbocycles. The van der Waals surface area contributed by atoms with Crippen LogP contribution in [0.2, 0.25) is 0 Å². The smallest absolute Gasteiger partial charge is 0.359 e. The van der Waals surface area contributed by atoms with Gasteiger partial charge in [0.1, 0.15) is 0 Å². The summed E-state index contributed by atoms with van der Waals surface area (Å²) in [6.45, 7) is 3.54. The molecule has 1 aromatic carbocycles. The third kappa shape index (κ3) is 2.43. The Bertz CT molecular complexity index is 483. The third-order valence-corrected chi connectivity index (χ3v) is 2.24. The summed E-state index contributed by atoms with van der Waals surface area (Å²) in [6, 6.07) is 2.80. The number of carbonyl (C=O) groups is 2. The summed E-state index contributed by atoms with van der Waals surface area (Å²) in [5.41, 5.74) is 5.87. The van der Waals surface area contributed by atoms with E-state index in [0.29, 0.717) is 12.0 Å². The van der Waals surface area contributed by atoms with E-state index in [1.165, 1.54) is 12.1 Å². The summed E-state index contributed by atoms with van der Waals surface area (Å²) in [5, 5.41) is 8.93. The summed E-state index contributed by atoms with van der Waals surface area (Å²) in [5.74, 6) is 2.49. The first-order valence-electron chi connectivity index (χ1n) is 4.69. The van der Waals surface area contributed by atoms with Crippen molar-refractivity contribution in [3.05, 3.63) is 41.5 Å². The van der Waals surface area contributed by atoms with Crippen LogP contribution in [0, 0.1) is 0 Å². The molecule has 0 fully saturated rings. The molecule has 6 nitrogen and oxygen atoms in total. The van der Waals surface area contributed by atoms with Crippen LogP contribution < -0.4 is 11.6 Å². The van der Waals surface area contributed by atoms with Crippen molar-refractivity contribution in [3.8, 4) is 0 Å². The van der Waals surface area contributed by atoms with E-state index in [-0.39, 0.29) is 16.8 Å². The number of benzene rings is 1. The van der Waals surface area contributed by atoms with Gasteiger partial charge >= 0.3 is 11.9 Å². The molecule has 0 aliphatic rings. The monoisotopic (exact) mass is 236 g/mol. The van der Waals surface area contributed by atoms with Gasteiger partial charge in [-0.2, -0.15) is 5.90 Å². The minimum atomic E-state index is -1.28. The molecule has 0 heterocycles. The molecule has 0 aliphatic heterocycles. The van der Waals surface area contributed by atoms with E-state index >= 15 is 0 Å². The van der Waals surface area contributed by atoms with Crippen molar-refractivity contribution < 1.29 is 19.5 Å². The Hall–Kier alpha value is -2.34. The summed E-state index contributed by atoms with van der Waals surface area (Å²) in [4.78, 5) is 26.4. The number of anilines is 1. The molecule has 0 bridgehead atoms. The van der Waals surface area contributed by atoms with Crippen molar-refractivity contribution in [1.82, 2.24) is 0 Å². The fourth-order valence-corrected chi connectivity index (χ4v) is 1.45. The van der Waals surface area contributed by atoms with Gasteiger partial charge in [-0.1, -0.05) is 12.1 Å². The van der Waals surface area contributed by atoms with Crippen molar-refractivity contribution in [2.45, 2.75) is 6.42 Å². The number of hydrogen-bond acceptors (Lipinski definition) is 5. The molecule has 0 aromatic heterocycles. The quantitative estimate of drug-likeness (QED) is 0.403. The Morgan fingerprint density at radius 2 is 2.12 bits per heavy atom. The van der Waals surface area contributed by atoms with E-state index in [0.717, 1.165) is 0 Å². The van der Waals surface area contributed by atoms with Gasteiger partial charge in [0, 0.05) is 0 Å². The number of nitrogen functional groups attached to an aromatic ring is 1. The van der Waals surface area contributed by atoms with Gasteiger partial charge in [0.15, 0.2) is 0 Å². The zero-order valence-electron chi connectivity index (χ0n) is 8.97. The first-order valence-corrected chi connectivity index (χ1v) is 4.69. The molecule has 5 N–H and O–H groups in total. The maximum absolute atomic E-state index is 11.4. The van der Waals surface area contributed by atoms with E-state index in [1.54, 1.807) is 6.08 Å². The first-order chi connectivity index (χ1) is 8.02. The van der Waals surface area contributed by atoms with Crippen LogP contribution in [0.5, 0.6) is 0 Å². The lowest BCUT2D eigenvalue weighted by atomic mass is 9.99. The van der Waals surface area contributed by atoms with Crippen LogP contribution in [0.15, 0.2) is 24.8 Å². The van der Waals surface area contributed by atoms with Crippen LogP contribution in [0.1, 0.15) is 26.3 Å². The minimum absolute atomic E-state index is 0.0419. The van der Waals surface area contributed by atoms with Crippen molar-refractivity contribution in [1.29, 1.82) is 0 Å². The molecule has 1 rings (SSSR count). The number of aromatic carboxylic acids is 1. The van der Waals surface area contributed by atoms with E-state index in [1.807, 2.05) is 0 Å². The lowest BCUT2D eigenvalue weighted by Gasteiger charge is -2.10. The average molecular weight is 236 g/mol.